The largest absolute Gasteiger partial charge is 0.481 e. The molecule has 0 aliphatic carbocycles. The number of hydrogen-bond acceptors (Lipinski definition) is 20. The second-order valence-corrected chi connectivity index (χ2v) is 31.0. The topological polar surface area (TPSA) is 648 Å². The van der Waals surface area contributed by atoms with Crippen molar-refractivity contribution in [3.8, 4) is 0 Å². The third-order valence-corrected chi connectivity index (χ3v) is 20.2. The molecule has 666 valence electrons. The number of benzene rings is 1. The number of aliphatic carboxylic acids is 2. The molecule has 41 nitrogen and oxygen atoms in total. The van der Waals surface area contributed by atoms with E-state index in [0.29, 0.717) is 18.4 Å². The number of carboxylic acids is 2. The van der Waals surface area contributed by atoms with Gasteiger partial charge in [-0.1, -0.05) is 103 Å². The molecule has 3 rings (SSSR count). The Hall–Kier alpha value is -12.1. The van der Waals surface area contributed by atoms with Crippen LogP contribution in [0.3, 0.4) is 0 Å². The average molecular weight is 1690 g/mol. The van der Waals surface area contributed by atoms with Crippen molar-refractivity contribution in [3.05, 3.63) is 60.7 Å². The molecule has 15 unspecified atom stereocenters. The van der Waals surface area contributed by atoms with E-state index in [2.05, 4.69) is 96.6 Å². The van der Waals surface area contributed by atoms with Gasteiger partial charge in [-0.3, -0.25) is 96.1 Å². The first-order chi connectivity index (χ1) is 56.5. The summed E-state index contributed by atoms with van der Waals surface area (Å²) in [5.74, 6) is -21.2. The van der Waals surface area contributed by atoms with Gasteiger partial charge in [0.05, 0.1) is 19.4 Å². The van der Waals surface area contributed by atoms with Crippen LogP contribution in [-0.2, 0) is 97.5 Å². The summed E-state index contributed by atoms with van der Waals surface area (Å²) in [4.78, 5) is 267. The molecule has 0 spiro atoms. The summed E-state index contributed by atoms with van der Waals surface area (Å²) in [6.07, 6.45) is 2.02. The fourth-order valence-corrected chi connectivity index (χ4v) is 12.8. The van der Waals surface area contributed by atoms with Crippen molar-refractivity contribution in [1.29, 1.82) is 0 Å². The standard InChI is InChI=1S/C79H124N20O21/c1-12-44(6)62-73(117)86-42-59(103)88-55(40-61(106)107)71(115)93-54(70(114)91-52(64(80)108)38-48-27-20-19-21-28-48)39-58(102)83-35-25-22-29-49(68(112)96-62)89-66(110)50(30-26-36-84-77(81)82)90-69(113)53(37-43(4)5)92-67(111)51(31-32-60(104)105)94-76(120)79(11)34-24-18-16-15-17-23-33-78(10,98-47(9)100)75(119)95-56(41-85-57(101)14-3)72(116)97-63(45(7)13-2)74(118)87-46(8)65(109)99-79/h14-16,19-21,27-28,43-46,49-56,62-63H,3,12-13,17-18,22-26,29-42H2,1-2,4-11H3,(H2,80,108)(H,83,102)(H,85,101)(H,86,117)(H,87,118)(H,88,103)(H,89,110)(H,90,113)(H,91,114)(H,92,111)(H,93,115)(H,94,120)(H,95,119)(H,96,112)(H,97,116)(H,98,100)(H,99,109)(H,104,105)(H,106,107)(H4,81,82,84). The maximum atomic E-state index is 15.0. The van der Waals surface area contributed by atoms with Crippen molar-refractivity contribution in [2.75, 3.05) is 26.2 Å². The zero-order valence-electron chi connectivity index (χ0n) is 70.0. The van der Waals surface area contributed by atoms with Crippen molar-refractivity contribution in [2.45, 2.75) is 269 Å². The summed E-state index contributed by atoms with van der Waals surface area (Å²) in [5.41, 5.74) is 13.9. The highest BCUT2D eigenvalue weighted by molar-refractivity contribution is 6.02. The Balaban J connectivity index is 2.10. The lowest BCUT2D eigenvalue weighted by atomic mass is 9.91. The van der Waals surface area contributed by atoms with Crippen LogP contribution in [0.2, 0.25) is 0 Å². The first-order valence-electron chi connectivity index (χ1n) is 40.3. The van der Waals surface area contributed by atoms with Crippen LogP contribution in [0.15, 0.2) is 60.1 Å². The molecule has 0 aromatic heterocycles. The summed E-state index contributed by atoms with van der Waals surface area (Å²) < 4.78 is 0. The van der Waals surface area contributed by atoms with E-state index in [1.54, 1.807) is 84.0 Å². The Bertz CT molecular complexity index is 3860. The molecule has 0 saturated carbocycles. The summed E-state index contributed by atoms with van der Waals surface area (Å²) in [7, 11) is 0. The Morgan fingerprint density at radius 3 is 1.83 bits per heavy atom. The third kappa shape index (κ3) is 36.4. The first kappa shape index (κ1) is 102. The molecular weight excluding hydrogens is 1560 g/mol. The number of hydrogen-bond donors (Lipinski definition) is 21. The van der Waals surface area contributed by atoms with E-state index in [-0.39, 0.29) is 103 Å². The molecule has 2 aliphatic rings. The summed E-state index contributed by atoms with van der Waals surface area (Å²) in [5, 5.41) is 60.5. The Morgan fingerprint density at radius 2 is 1.24 bits per heavy atom. The van der Waals surface area contributed by atoms with Gasteiger partial charge in [0, 0.05) is 39.4 Å². The zero-order chi connectivity index (χ0) is 90.1. The fourth-order valence-electron chi connectivity index (χ4n) is 12.8. The van der Waals surface area contributed by atoms with Crippen LogP contribution in [-0.4, -0.2) is 232 Å². The number of allylic oxidation sites excluding steroid dienone is 2. The van der Waals surface area contributed by atoms with Crippen LogP contribution < -0.4 is 102 Å². The lowest BCUT2D eigenvalue weighted by molar-refractivity contribution is -0.141. The lowest BCUT2D eigenvalue weighted by Gasteiger charge is -2.33. The van der Waals surface area contributed by atoms with Gasteiger partial charge in [-0.15, -0.1) is 0 Å². The van der Waals surface area contributed by atoms with E-state index in [9.17, 15) is 96.5 Å². The van der Waals surface area contributed by atoms with Gasteiger partial charge >= 0.3 is 11.9 Å². The molecule has 1 aromatic rings. The first-order valence-corrected chi connectivity index (χ1v) is 40.3. The smallest absolute Gasteiger partial charge is 0.305 e. The van der Waals surface area contributed by atoms with Gasteiger partial charge in [-0.25, -0.2) is 0 Å². The maximum absolute atomic E-state index is 15.0. The lowest BCUT2D eigenvalue weighted by Crippen LogP contribution is -2.65. The minimum atomic E-state index is -1.97. The van der Waals surface area contributed by atoms with E-state index in [1.165, 1.54) is 27.7 Å². The summed E-state index contributed by atoms with van der Waals surface area (Å²) >= 11 is 0. The number of nitrogens with one attached hydrogen (secondary N) is 16. The molecule has 15 atom stereocenters. The number of nitrogens with zero attached hydrogens (tertiary/aromatic N) is 1. The average Bonchev–Trinajstić information content (AvgIpc) is 0.840. The molecule has 41 heteroatoms. The predicted molar refractivity (Wildman–Crippen MR) is 437 cm³/mol. The minimum absolute atomic E-state index is 0.0113. The summed E-state index contributed by atoms with van der Waals surface area (Å²) in [6.45, 7) is 17.0. The minimum Gasteiger partial charge on any atom is -0.481 e. The van der Waals surface area contributed by atoms with Crippen molar-refractivity contribution in [2.24, 2.45) is 39.9 Å². The quantitative estimate of drug-likeness (QED) is 0.0109. The molecule has 2 aliphatic heterocycles. The van der Waals surface area contributed by atoms with Crippen LogP contribution in [0.1, 0.15) is 190 Å². The number of primary amides is 1. The molecule has 1 fully saturated rings. The number of rotatable bonds is 32. The molecular formula is C79H124N20O21. The Morgan fingerprint density at radius 1 is 0.642 bits per heavy atom. The van der Waals surface area contributed by atoms with Gasteiger partial charge < -0.3 is 112 Å². The van der Waals surface area contributed by atoms with Gasteiger partial charge in [0.2, 0.25) is 100 Å². The van der Waals surface area contributed by atoms with Gasteiger partial charge in [0.25, 0.3) is 0 Å². The molecule has 2 heterocycles. The van der Waals surface area contributed by atoms with E-state index >= 15 is 4.79 Å². The molecule has 1 saturated heterocycles. The molecule has 0 radical (unpaired) electrons. The highest BCUT2D eigenvalue weighted by Crippen LogP contribution is 2.21. The highest BCUT2D eigenvalue weighted by Gasteiger charge is 2.43. The second-order valence-electron chi connectivity index (χ2n) is 31.0. The molecule has 1 aromatic carbocycles. The van der Waals surface area contributed by atoms with Crippen LogP contribution >= 0.6 is 0 Å². The van der Waals surface area contributed by atoms with Gasteiger partial charge in [0.1, 0.15) is 77.5 Å². The Labute approximate surface area is 697 Å². The number of carbonyl (C=O) groups excluding carboxylic acids is 17. The maximum Gasteiger partial charge on any atom is 0.305 e. The van der Waals surface area contributed by atoms with E-state index in [1.807, 2.05) is 0 Å². The Kier molecular flexibility index (Phi) is 43.6. The van der Waals surface area contributed by atoms with Gasteiger partial charge in [0.15, 0.2) is 5.96 Å². The number of carbonyl (C=O) groups is 19. The molecule has 17 amide bonds. The second kappa shape index (κ2) is 51.3. The number of carboxylic acid groups (broad SMARTS) is 2. The van der Waals surface area contributed by atoms with Crippen LogP contribution in [0, 0.1) is 17.8 Å². The molecule has 24 N–H and O–H groups in total. The van der Waals surface area contributed by atoms with Crippen LogP contribution in [0.4, 0.5) is 0 Å². The van der Waals surface area contributed by atoms with E-state index in [4.69, 9.17) is 17.2 Å². The van der Waals surface area contributed by atoms with Gasteiger partial charge in [-0.05, 0) is 134 Å². The van der Waals surface area contributed by atoms with E-state index in [0.717, 1.165) is 6.08 Å². The SMILES string of the molecule is C=CC(=O)NCC1NC(=O)C(C)(NC(C)=O)CCCC=CCCCC(C)(C(=O)NC(CCC(=O)O)C(=O)NC(CC(C)C)C(=O)NC(CCCN=C(N)N)C(=O)NC2CCCCNC(=O)CC(C(=O)NC(Cc3ccccc3)C(N)=O)NC(=O)C(CC(=O)O)NC(=O)CNC(=O)C(C(C)CC)NC2=O)NC(=O)C(C)NC(=O)C(C(C)CC)NC1=O. The van der Waals surface area contributed by atoms with Crippen molar-refractivity contribution in [1.82, 2.24) is 85.1 Å². The zero-order valence-corrected chi connectivity index (χ0v) is 70.0. The molecule has 120 heavy (non-hydrogen) atoms. The van der Waals surface area contributed by atoms with E-state index < -0.39 is 246 Å². The van der Waals surface area contributed by atoms with Crippen molar-refractivity contribution < 1.29 is 101 Å². The van der Waals surface area contributed by atoms with Crippen LogP contribution in [0.5, 0.6) is 0 Å². The van der Waals surface area contributed by atoms with Gasteiger partial charge in [-0.2, -0.15) is 0 Å². The normalized spacial score (nSPS) is 23.5. The monoisotopic (exact) mass is 1690 g/mol. The van der Waals surface area contributed by atoms with Crippen molar-refractivity contribution in [3.63, 3.8) is 0 Å². The highest BCUT2D eigenvalue weighted by atomic mass is 16.4. The predicted octanol–water partition coefficient (Wildman–Crippen LogP) is -3.61. The number of amides is 17. The summed E-state index contributed by atoms with van der Waals surface area (Å²) in [6, 6.07) is -9.12. The van der Waals surface area contributed by atoms with Crippen molar-refractivity contribution >= 4 is 118 Å². The number of aliphatic imine (C=N–C) groups is 1. The number of nitrogens with two attached hydrogens (primary N) is 3. The third-order valence-electron chi connectivity index (χ3n) is 20.2. The molecule has 0 bridgehead atoms. The fraction of sp³-hybridized carbons (Fsp3) is 0.620. The number of guanidine groups is 1. The van der Waals surface area contributed by atoms with Crippen LogP contribution in [0.25, 0.3) is 0 Å².